The van der Waals surface area contributed by atoms with E-state index < -0.39 is 10.1 Å². The van der Waals surface area contributed by atoms with Crippen molar-refractivity contribution in [3.8, 4) is 5.75 Å². The van der Waals surface area contributed by atoms with Gasteiger partial charge in [0.1, 0.15) is 16.4 Å². The molecule has 0 heterocycles. The third-order valence-corrected chi connectivity index (χ3v) is 5.01. The Morgan fingerprint density at radius 1 is 0.778 bits per heavy atom. The van der Waals surface area contributed by atoms with E-state index >= 15 is 0 Å². The van der Waals surface area contributed by atoms with Crippen LogP contribution in [0.1, 0.15) is 15.9 Å². The molecule has 0 amide bonds. The minimum atomic E-state index is -3.93. The smallest absolute Gasteiger partial charge is 0.339 e. The van der Waals surface area contributed by atoms with Gasteiger partial charge in [0.15, 0.2) is 0 Å². The molecule has 27 heavy (non-hydrogen) atoms. The number of rotatable bonds is 6. The first-order chi connectivity index (χ1) is 13.0. The fourth-order valence-corrected chi connectivity index (χ4v) is 3.37. The Bertz CT molecular complexity index is 1060. The minimum absolute atomic E-state index is 0.0533. The van der Waals surface area contributed by atoms with Crippen LogP contribution >= 0.6 is 0 Å². The zero-order valence-corrected chi connectivity index (χ0v) is 15.0. The van der Waals surface area contributed by atoms with E-state index in [-0.39, 0.29) is 22.1 Å². The van der Waals surface area contributed by atoms with Crippen LogP contribution in [0.4, 0.5) is 0 Å². The molecule has 0 saturated carbocycles. The maximum atomic E-state index is 12.5. The molecule has 3 aromatic carbocycles. The van der Waals surface area contributed by atoms with Crippen LogP contribution < -0.4 is 10.0 Å². The molecule has 0 bridgehead atoms. The fraction of sp³-hybridized carbons (Fsp3) is 0. The van der Waals surface area contributed by atoms with Crippen molar-refractivity contribution in [1.82, 2.24) is 0 Å². The van der Waals surface area contributed by atoms with Crippen LogP contribution in [0, 0.1) is 0 Å². The van der Waals surface area contributed by atoms with E-state index in [1.165, 1.54) is 36.4 Å². The number of carbonyl (C=O) groups excluding carboxylic acids is 1. The van der Waals surface area contributed by atoms with Crippen LogP contribution in [0.25, 0.3) is 0 Å². The van der Waals surface area contributed by atoms with Crippen LogP contribution in [-0.4, -0.2) is 19.9 Å². The van der Waals surface area contributed by atoms with Crippen molar-refractivity contribution in [3.63, 3.8) is 0 Å². The highest BCUT2D eigenvalue weighted by Gasteiger charge is 2.18. The molecule has 0 saturated heterocycles. The van der Waals surface area contributed by atoms with Gasteiger partial charge in [-0.3, -0.25) is 4.79 Å². The second kappa shape index (κ2) is 7.84. The van der Waals surface area contributed by atoms with E-state index in [0.29, 0.717) is 11.1 Å². The Morgan fingerprint density at radius 3 is 1.89 bits per heavy atom. The summed E-state index contributed by atoms with van der Waals surface area (Å²) in [4.78, 5) is 12.6. The van der Waals surface area contributed by atoms with Crippen LogP contribution in [0.5, 0.6) is 5.75 Å². The number of Topliss-reactive ketones (excluding diaryl/α,β-unsaturated/α-hetero) is 1. The van der Waals surface area contributed by atoms with Crippen molar-refractivity contribution in [3.05, 3.63) is 96.1 Å². The highest BCUT2D eigenvalue weighted by atomic mass is 32.2. The molecule has 0 atom stereocenters. The molecule has 136 valence electrons. The Morgan fingerprint density at radius 2 is 1.33 bits per heavy atom. The number of nitrogens with two attached hydrogens (primary N) is 1. The first-order valence-corrected chi connectivity index (χ1v) is 9.40. The Balaban J connectivity index is 1.82. The van der Waals surface area contributed by atoms with E-state index in [4.69, 9.17) is 10.0 Å². The van der Waals surface area contributed by atoms with Crippen molar-refractivity contribution in [2.75, 3.05) is 0 Å². The molecule has 0 fully saturated rings. The molecule has 0 radical (unpaired) electrons. The molecule has 7 heteroatoms. The van der Waals surface area contributed by atoms with Gasteiger partial charge in [0.2, 0.25) is 5.78 Å². The number of hydrogen-bond donors (Lipinski definition) is 1. The van der Waals surface area contributed by atoms with Crippen molar-refractivity contribution in [2.45, 2.75) is 4.90 Å². The van der Waals surface area contributed by atoms with Crippen molar-refractivity contribution in [1.29, 1.82) is 0 Å². The standard InChI is InChI=1S/C20H16N2O4S/c21-22-19(20(23)16-7-3-1-4-8-16)15-11-13-17(14-12-15)26-27(24,25)18-9-5-2-6-10-18/h1-14H,21H2/b22-19+. The summed E-state index contributed by atoms with van der Waals surface area (Å²) in [6.07, 6.45) is 0. The molecule has 0 aliphatic rings. The van der Waals surface area contributed by atoms with Gasteiger partial charge < -0.3 is 10.0 Å². The Hall–Kier alpha value is -3.45. The third kappa shape index (κ3) is 4.21. The highest BCUT2D eigenvalue weighted by Crippen LogP contribution is 2.20. The average molecular weight is 380 g/mol. The summed E-state index contributed by atoms with van der Waals surface area (Å²) in [7, 11) is -3.93. The molecular formula is C20H16N2O4S. The second-order valence-corrected chi connectivity index (χ2v) is 7.09. The number of carbonyl (C=O) groups is 1. The zero-order chi connectivity index (χ0) is 19.3. The first-order valence-electron chi connectivity index (χ1n) is 7.99. The van der Waals surface area contributed by atoms with Gasteiger partial charge in [-0.2, -0.15) is 13.5 Å². The monoisotopic (exact) mass is 380 g/mol. The average Bonchev–Trinajstić information content (AvgIpc) is 2.71. The molecule has 0 unspecified atom stereocenters. The number of hydrogen-bond acceptors (Lipinski definition) is 6. The third-order valence-electron chi connectivity index (χ3n) is 3.75. The minimum Gasteiger partial charge on any atom is -0.379 e. The predicted octanol–water partition coefficient (Wildman–Crippen LogP) is 3.00. The van der Waals surface area contributed by atoms with Crippen molar-refractivity contribution < 1.29 is 17.4 Å². The molecule has 0 aliphatic carbocycles. The van der Waals surface area contributed by atoms with Gasteiger partial charge in [-0.25, -0.2) is 0 Å². The second-order valence-electron chi connectivity index (χ2n) is 5.55. The fourth-order valence-electron chi connectivity index (χ4n) is 2.42. The van der Waals surface area contributed by atoms with E-state index in [1.807, 2.05) is 0 Å². The number of nitrogens with zero attached hydrogens (tertiary/aromatic N) is 1. The van der Waals surface area contributed by atoms with Gasteiger partial charge in [0.25, 0.3) is 0 Å². The van der Waals surface area contributed by atoms with E-state index in [1.54, 1.807) is 48.5 Å². The quantitative estimate of drug-likeness (QED) is 0.233. The molecule has 0 spiro atoms. The molecule has 0 aromatic heterocycles. The zero-order valence-electron chi connectivity index (χ0n) is 14.1. The molecule has 0 aliphatic heterocycles. The lowest BCUT2D eigenvalue weighted by Crippen LogP contribution is -2.18. The van der Waals surface area contributed by atoms with E-state index in [9.17, 15) is 13.2 Å². The van der Waals surface area contributed by atoms with Crippen LogP contribution in [0.15, 0.2) is 94.9 Å². The normalized spacial score (nSPS) is 11.8. The topological polar surface area (TPSA) is 98.8 Å². The summed E-state index contributed by atoms with van der Waals surface area (Å²) in [5.41, 5.74) is 0.975. The number of ketones is 1. The number of hydrazone groups is 1. The summed E-state index contributed by atoms with van der Waals surface area (Å²) in [6.45, 7) is 0. The van der Waals surface area contributed by atoms with Gasteiger partial charge in [-0.15, -0.1) is 0 Å². The molecule has 2 N–H and O–H groups in total. The molecule has 6 nitrogen and oxygen atoms in total. The van der Waals surface area contributed by atoms with E-state index in [2.05, 4.69) is 5.10 Å². The van der Waals surface area contributed by atoms with Crippen LogP contribution in [0.2, 0.25) is 0 Å². The van der Waals surface area contributed by atoms with Gasteiger partial charge in [-0.05, 0) is 36.4 Å². The van der Waals surface area contributed by atoms with Gasteiger partial charge >= 0.3 is 10.1 Å². The van der Waals surface area contributed by atoms with Gasteiger partial charge in [0, 0.05) is 11.1 Å². The Kier molecular flexibility index (Phi) is 5.33. The van der Waals surface area contributed by atoms with Gasteiger partial charge in [-0.1, -0.05) is 48.5 Å². The summed E-state index contributed by atoms with van der Waals surface area (Å²) in [6, 6.07) is 22.4. The van der Waals surface area contributed by atoms with Crippen molar-refractivity contribution >= 4 is 21.6 Å². The lowest BCUT2D eigenvalue weighted by atomic mass is 10.0. The summed E-state index contributed by atoms with van der Waals surface area (Å²) in [5, 5.41) is 3.59. The highest BCUT2D eigenvalue weighted by molar-refractivity contribution is 7.87. The molecule has 3 aromatic rings. The summed E-state index contributed by atoms with van der Waals surface area (Å²) >= 11 is 0. The predicted molar refractivity (Wildman–Crippen MR) is 102 cm³/mol. The molecule has 3 rings (SSSR count). The molecular weight excluding hydrogens is 364 g/mol. The van der Waals surface area contributed by atoms with Crippen LogP contribution in [0.3, 0.4) is 0 Å². The number of benzene rings is 3. The largest absolute Gasteiger partial charge is 0.379 e. The van der Waals surface area contributed by atoms with E-state index in [0.717, 1.165) is 0 Å². The first kappa shape index (κ1) is 18.3. The maximum Gasteiger partial charge on any atom is 0.339 e. The Labute approximate surface area is 157 Å². The summed E-state index contributed by atoms with van der Waals surface area (Å²) in [5.74, 6) is 5.19. The van der Waals surface area contributed by atoms with Crippen LogP contribution in [-0.2, 0) is 10.1 Å². The maximum absolute atomic E-state index is 12.5. The SMILES string of the molecule is N/N=C(/C(=O)c1ccccc1)c1ccc(OS(=O)(=O)c2ccccc2)cc1. The van der Waals surface area contributed by atoms with Crippen molar-refractivity contribution in [2.24, 2.45) is 10.9 Å². The lowest BCUT2D eigenvalue weighted by Gasteiger charge is -2.08. The summed E-state index contributed by atoms with van der Waals surface area (Å²) < 4.78 is 29.6. The van der Waals surface area contributed by atoms with Gasteiger partial charge in [0.05, 0.1) is 0 Å². The lowest BCUT2D eigenvalue weighted by molar-refractivity contribution is 0.106.